The van der Waals surface area contributed by atoms with E-state index in [-0.39, 0.29) is 14.6 Å². The first kappa shape index (κ1) is 12.9. The van der Waals surface area contributed by atoms with Crippen LogP contribution in [0.2, 0.25) is 0 Å². The summed E-state index contributed by atoms with van der Waals surface area (Å²) in [4.78, 5) is 0. The van der Waals surface area contributed by atoms with Crippen LogP contribution in [0, 0.1) is 11.8 Å². The van der Waals surface area contributed by atoms with E-state index in [2.05, 4.69) is 45.3 Å². The van der Waals surface area contributed by atoms with Gasteiger partial charge in [-0.05, 0) is 0 Å². The molecule has 1 heterocycles. The van der Waals surface area contributed by atoms with Crippen molar-refractivity contribution in [1.82, 2.24) is 0 Å². The summed E-state index contributed by atoms with van der Waals surface area (Å²) in [7, 11) is 0. The predicted octanol–water partition coefficient (Wildman–Crippen LogP) is 4.44. The van der Waals surface area contributed by atoms with Gasteiger partial charge < -0.3 is 0 Å². The maximum absolute atomic E-state index is 4.51. The van der Waals surface area contributed by atoms with Crippen LogP contribution < -0.4 is 5.32 Å². The Morgan fingerprint density at radius 1 is 1.37 bits per heavy atom. The quantitative estimate of drug-likeness (QED) is 0.659. The second kappa shape index (κ2) is 5.48. The van der Waals surface area contributed by atoms with Gasteiger partial charge in [0.15, 0.2) is 0 Å². The Kier molecular flexibility index (Phi) is 3.72. The van der Waals surface area contributed by atoms with Crippen LogP contribution in [0.25, 0.3) is 0 Å². The average molecular weight is 320 g/mol. The Balaban J connectivity index is 1.66. The van der Waals surface area contributed by atoms with Crippen molar-refractivity contribution in [2.24, 2.45) is 19.8 Å². The Morgan fingerprint density at radius 2 is 2.26 bits per heavy atom. The molecule has 4 heteroatoms. The molecule has 3 nitrogen and oxygen atoms in total. The molecule has 1 aliphatic carbocycles. The van der Waals surface area contributed by atoms with Gasteiger partial charge in [0.1, 0.15) is 0 Å². The monoisotopic (exact) mass is 321 g/mol. The number of rotatable bonds is 3. The van der Waals surface area contributed by atoms with Crippen molar-refractivity contribution in [2.45, 2.75) is 26.7 Å². The first-order valence-corrected chi connectivity index (χ1v) is 8.38. The Bertz CT molecular complexity index is 585. The van der Waals surface area contributed by atoms with Crippen LogP contribution >= 0.6 is 0 Å². The molecule has 2 atom stereocenters. The van der Waals surface area contributed by atoms with Gasteiger partial charge in [-0.25, -0.2) is 0 Å². The van der Waals surface area contributed by atoms with Gasteiger partial charge in [-0.2, -0.15) is 0 Å². The van der Waals surface area contributed by atoms with Crippen LogP contribution in [0.1, 0.15) is 26.7 Å². The SMILES string of the molecule is CC1=CC(C)CC(CNc2cccc3c2N=[Se]=N3)C1. The summed E-state index contributed by atoms with van der Waals surface area (Å²) < 4.78 is 8.94. The zero-order valence-electron chi connectivity index (χ0n) is 11.4. The summed E-state index contributed by atoms with van der Waals surface area (Å²) in [5.41, 5.74) is 4.81. The van der Waals surface area contributed by atoms with Crippen molar-refractivity contribution in [3.8, 4) is 0 Å². The molecule has 1 aromatic carbocycles. The van der Waals surface area contributed by atoms with E-state index in [1.54, 1.807) is 0 Å². The van der Waals surface area contributed by atoms with E-state index in [1.807, 2.05) is 6.07 Å². The topological polar surface area (TPSA) is 36.8 Å². The third kappa shape index (κ3) is 2.90. The fourth-order valence-electron chi connectivity index (χ4n) is 3.04. The van der Waals surface area contributed by atoms with Crippen LogP contribution in [0.5, 0.6) is 0 Å². The molecule has 100 valence electrons. The molecule has 0 fully saturated rings. The summed E-state index contributed by atoms with van der Waals surface area (Å²) in [6.45, 7) is 5.60. The van der Waals surface area contributed by atoms with Crippen LogP contribution in [0.3, 0.4) is 0 Å². The van der Waals surface area contributed by atoms with E-state index in [9.17, 15) is 0 Å². The van der Waals surface area contributed by atoms with E-state index < -0.39 is 0 Å². The third-order valence-electron chi connectivity index (χ3n) is 3.75. The Hall–Kier alpha value is -1.12. The molecule has 1 N–H and O–H groups in total. The third-order valence-corrected chi connectivity index (χ3v) is 4.89. The molecule has 0 aromatic heterocycles. The van der Waals surface area contributed by atoms with Gasteiger partial charge in [-0.1, -0.05) is 0 Å². The Morgan fingerprint density at radius 3 is 3.11 bits per heavy atom. The summed E-state index contributed by atoms with van der Waals surface area (Å²) in [6.07, 6.45) is 4.91. The fourth-order valence-corrected chi connectivity index (χ4v) is 4.20. The molecule has 0 saturated heterocycles. The van der Waals surface area contributed by atoms with Crippen molar-refractivity contribution in [2.75, 3.05) is 11.9 Å². The number of benzene rings is 1. The first-order chi connectivity index (χ1) is 9.22. The molecular formula is C15H19N3Se. The van der Waals surface area contributed by atoms with Crippen molar-refractivity contribution in [1.29, 1.82) is 0 Å². The zero-order chi connectivity index (χ0) is 13.2. The molecule has 0 radical (unpaired) electrons. The van der Waals surface area contributed by atoms with Gasteiger partial charge in [-0.15, -0.1) is 0 Å². The molecule has 3 rings (SSSR count). The van der Waals surface area contributed by atoms with Gasteiger partial charge in [-0.3, -0.25) is 0 Å². The molecule has 1 aliphatic heterocycles. The minimum absolute atomic E-state index is 0.0544. The van der Waals surface area contributed by atoms with Crippen LogP contribution in [0.4, 0.5) is 17.1 Å². The number of nitrogens with one attached hydrogen (secondary N) is 1. The van der Waals surface area contributed by atoms with Crippen molar-refractivity contribution in [3.63, 3.8) is 0 Å². The van der Waals surface area contributed by atoms with Crippen LogP contribution in [-0.4, -0.2) is 21.1 Å². The molecule has 0 amide bonds. The second-order valence-corrected chi connectivity index (χ2v) is 6.72. The molecule has 2 unspecified atom stereocenters. The predicted molar refractivity (Wildman–Crippen MR) is 80.5 cm³/mol. The summed E-state index contributed by atoms with van der Waals surface area (Å²) in [5, 5.41) is 3.58. The van der Waals surface area contributed by atoms with Crippen LogP contribution in [-0.2, 0) is 0 Å². The minimum atomic E-state index is 0.0544. The normalized spacial score (nSPS) is 24.6. The zero-order valence-corrected chi connectivity index (χ0v) is 13.1. The summed E-state index contributed by atoms with van der Waals surface area (Å²) in [6, 6.07) is 6.23. The van der Waals surface area contributed by atoms with E-state index in [4.69, 9.17) is 0 Å². The molecule has 2 aliphatic rings. The molecule has 1 aromatic rings. The molecule has 0 saturated carbocycles. The maximum atomic E-state index is 4.51. The number of hydrogen-bond acceptors (Lipinski definition) is 3. The average Bonchev–Trinajstić information content (AvgIpc) is 2.83. The van der Waals surface area contributed by atoms with Crippen molar-refractivity contribution in [3.05, 3.63) is 29.8 Å². The van der Waals surface area contributed by atoms with Crippen LogP contribution in [0.15, 0.2) is 37.8 Å². The van der Waals surface area contributed by atoms with Gasteiger partial charge in [0.25, 0.3) is 0 Å². The van der Waals surface area contributed by atoms with Crippen molar-refractivity contribution < 1.29 is 0 Å². The van der Waals surface area contributed by atoms with E-state index in [1.165, 1.54) is 18.4 Å². The number of nitrogens with zero attached hydrogens (tertiary/aromatic N) is 2. The number of hydrogen-bond donors (Lipinski definition) is 1. The summed E-state index contributed by atoms with van der Waals surface area (Å²) in [5.74, 6) is 1.45. The molecular weight excluding hydrogens is 301 g/mol. The van der Waals surface area contributed by atoms with Crippen molar-refractivity contribution >= 4 is 31.6 Å². The molecule has 0 bridgehead atoms. The van der Waals surface area contributed by atoms with Gasteiger partial charge >= 0.3 is 120 Å². The van der Waals surface area contributed by atoms with E-state index in [0.717, 1.165) is 29.5 Å². The first-order valence-electron chi connectivity index (χ1n) is 6.85. The number of allylic oxidation sites excluding steroid dienone is 2. The van der Waals surface area contributed by atoms with E-state index >= 15 is 0 Å². The number of fused-ring (bicyclic) bond motifs is 1. The van der Waals surface area contributed by atoms with E-state index in [0.29, 0.717) is 5.92 Å². The molecule has 0 spiro atoms. The van der Waals surface area contributed by atoms with Gasteiger partial charge in [0.2, 0.25) is 0 Å². The Labute approximate surface area is 120 Å². The number of anilines is 1. The van der Waals surface area contributed by atoms with Gasteiger partial charge in [0.05, 0.1) is 0 Å². The van der Waals surface area contributed by atoms with Gasteiger partial charge in [0, 0.05) is 0 Å². The molecule has 19 heavy (non-hydrogen) atoms. The standard InChI is InChI=1S/C15H19N3Se/c1-10-6-11(2)8-12(7-10)9-16-13-4-3-5-14-15(13)18-19-17-14/h3-6,10,12,16H,7-9H2,1-2H3. The second-order valence-electron chi connectivity index (χ2n) is 5.61. The fraction of sp³-hybridized carbons (Fsp3) is 0.467. The summed E-state index contributed by atoms with van der Waals surface area (Å²) >= 11 is 0.0544.